The van der Waals surface area contributed by atoms with Crippen LogP contribution < -0.4 is 10.4 Å². The summed E-state index contributed by atoms with van der Waals surface area (Å²) in [6.45, 7) is -5.31. The summed E-state index contributed by atoms with van der Waals surface area (Å²) in [6.07, 6.45) is -1.14. The zero-order valence-electron chi connectivity index (χ0n) is 18.6. The average molecular weight is 468 g/mol. The summed E-state index contributed by atoms with van der Waals surface area (Å²) in [7, 11) is 2.49. The van der Waals surface area contributed by atoms with E-state index in [4.69, 9.17) is 4.74 Å². The van der Waals surface area contributed by atoms with E-state index >= 15 is 0 Å². The molecule has 3 aromatic rings. The van der Waals surface area contributed by atoms with Crippen molar-refractivity contribution in [2.45, 2.75) is 12.3 Å². The molecule has 1 aliphatic rings. The van der Waals surface area contributed by atoms with E-state index < -0.39 is 24.5 Å². The Balaban J connectivity index is 1.55. The second-order valence-corrected chi connectivity index (χ2v) is 8.12. The topological polar surface area (TPSA) is 55.8 Å². The highest BCUT2D eigenvalue weighted by atomic mass is 19.4. The van der Waals surface area contributed by atoms with Crippen LogP contribution in [0.5, 0.6) is 0 Å². The molecule has 0 bridgehead atoms. The van der Waals surface area contributed by atoms with Crippen molar-refractivity contribution in [3.8, 4) is 11.1 Å². The number of fused-ring (bicyclic) bond motifs is 3. The lowest BCUT2D eigenvalue weighted by Gasteiger charge is -2.23. The summed E-state index contributed by atoms with van der Waals surface area (Å²) in [5, 5.41) is 0. The van der Waals surface area contributed by atoms with E-state index in [1.807, 2.05) is 48.5 Å². The van der Waals surface area contributed by atoms with Crippen LogP contribution in [0.3, 0.4) is 0 Å². The molecule has 0 fully saturated rings. The first-order valence-corrected chi connectivity index (χ1v) is 10.7. The van der Waals surface area contributed by atoms with E-state index in [9.17, 15) is 22.5 Å². The molecule has 0 spiro atoms. The van der Waals surface area contributed by atoms with Crippen LogP contribution in [0.4, 0.5) is 23.4 Å². The van der Waals surface area contributed by atoms with E-state index in [-0.39, 0.29) is 30.2 Å². The molecule has 4 rings (SSSR count). The first kappa shape index (κ1) is 23.4. The molecule has 34 heavy (non-hydrogen) atoms. The fourth-order valence-electron chi connectivity index (χ4n) is 4.22. The minimum absolute atomic E-state index is 0.0205. The number of hydrogen-bond acceptors (Lipinski definition) is 4. The summed E-state index contributed by atoms with van der Waals surface area (Å²) in [6, 6.07) is 18.8. The van der Waals surface area contributed by atoms with Gasteiger partial charge in [0, 0.05) is 18.7 Å². The predicted octanol–water partition coefficient (Wildman–Crippen LogP) is 4.84. The van der Waals surface area contributed by atoms with Gasteiger partial charge < -0.3 is 22.4 Å². The van der Waals surface area contributed by atoms with Gasteiger partial charge in [-0.3, -0.25) is 9.69 Å². The summed E-state index contributed by atoms with van der Waals surface area (Å²) in [4.78, 5) is 25.4. The first-order valence-electron chi connectivity index (χ1n) is 10.7. The van der Waals surface area contributed by atoms with Crippen molar-refractivity contribution in [2.24, 2.45) is 0 Å². The molecule has 0 unspecified atom stereocenters. The molecule has 0 radical (unpaired) electrons. The van der Waals surface area contributed by atoms with E-state index in [0.29, 0.717) is 0 Å². The van der Waals surface area contributed by atoms with E-state index in [0.717, 1.165) is 46.4 Å². The van der Waals surface area contributed by atoms with Crippen molar-refractivity contribution in [3.05, 3.63) is 83.4 Å². The Morgan fingerprint density at radius 1 is 0.941 bits per heavy atom. The molecular weight excluding hydrogens is 446 g/mol. The number of amides is 1. The molecule has 0 saturated heterocycles. The number of benzene rings is 3. The van der Waals surface area contributed by atoms with Gasteiger partial charge in [-0.2, -0.15) is 0 Å². The smallest absolute Gasteiger partial charge is 0.469 e. The summed E-state index contributed by atoms with van der Waals surface area (Å²) >= 11 is 0. The minimum atomic E-state index is -5.34. The van der Waals surface area contributed by atoms with Gasteiger partial charge in [-0.05, 0) is 33.9 Å². The van der Waals surface area contributed by atoms with Crippen LogP contribution in [0, 0.1) is 0 Å². The van der Waals surface area contributed by atoms with Crippen LogP contribution in [0.15, 0.2) is 66.7 Å². The van der Waals surface area contributed by atoms with Crippen molar-refractivity contribution < 1.29 is 32.0 Å². The van der Waals surface area contributed by atoms with Crippen molar-refractivity contribution in [1.29, 1.82) is 0 Å². The van der Waals surface area contributed by atoms with E-state index in [1.165, 1.54) is 13.1 Å². The summed E-state index contributed by atoms with van der Waals surface area (Å²) in [5.41, 5.74) is 3.36. The highest BCUT2D eigenvalue weighted by Crippen LogP contribution is 2.44. The Kier molecular flexibility index (Phi) is 6.37. The number of anilines is 1. The van der Waals surface area contributed by atoms with Crippen LogP contribution in [-0.4, -0.2) is 39.8 Å². The third kappa shape index (κ3) is 4.64. The Labute approximate surface area is 195 Å². The molecule has 1 amide bonds. The molecular formula is C25H22BF3NO4-. The van der Waals surface area contributed by atoms with Gasteiger partial charge in [-0.15, -0.1) is 5.46 Å². The van der Waals surface area contributed by atoms with Crippen LogP contribution >= 0.6 is 0 Å². The Morgan fingerprint density at radius 2 is 1.53 bits per heavy atom. The molecule has 0 N–H and O–H groups in total. The van der Waals surface area contributed by atoms with Gasteiger partial charge in [0.15, 0.2) is 0 Å². The number of esters is 1. The molecule has 0 saturated carbocycles. The van der Waals surface area contributed by atoms with Gasteiger partial charge in [0.05, 0.1) is 13.5 Å². The SMILES string of the molecule is COC(=O)Cc1cc(N(C)C(=O)OCC2c3ccccc3-c3ccccc32)cc([B-](F)(F)F)c1. The lowest BCUT2D eigenvalue weighted by Crippen LogP contribution is -2.36. The fourth-order valence-corrected chi connectivity index (χ4v) is 4.22. The number of hydrogen-bond donors (Lipinski definition) is 0. The molecule has 9 heteroatoms. The standard InChI is InChI=1S/C25H22BF3NO4/c1-30(18-12-16(13-24(31)33-2)11-17(14-18)26(27,28)29)25(32)34-15-23-21-9-5-3-7-19(21)20-8-4-6-10-22(20)23/h3-12,14,23H,13,15H2,1-2H3/q-1. The maximum atomic E-state index is 13.5. The molecule has 1 aliphatic carbocycles. The zero-order valence-corrected chi connectivity index (χ0v) is 18.6. The first-order chi connectivity index (χ1) is 16.2. The monoisotopic (exact) mass is 468 g/mol. The number of methoxy groups -OCH3 is 1. The Morgan fingerprint density at radius 3 is 2.09 bits per heavy atom. The van der Waals surface area contributed by atoms with Gasteiger partial charge in [0.2, 0.25) is 0 Å². The number of ether oxygens (including phenoxy) is 2. The minimum Gasteiger partial charge on any atom is -0.469 e. The number of carbonyl (C=O) groups excluding carboxylic acids is 2. The van der Waals surface area contributed by atoms with E-state index in [2.05, 4.69) is 4.74 Å². The largest absolute Gasteiger partial charge is 0.509 e. The van der Waals surface area contributed by atoms with Gasteiger partial charge in [-0.25, -0.2) is 4.79 Å². The third-order valence-corrected chi connectivity index (χ3v) is 5.95. The van der Waals surface area contributed by atoms with Crippen LogP contribution in [0.1, 0.15) is 22.6 Å². The van der Waals surface area contributed by atoms with Crippen LogP contribution in [-0.2, 0) is 20.7 Å². The fraction of sp³-hybridized carbons (Fsp3) is 0.200. The number of halogens is 3. The van der Waals surface area contributed by atoms with Crippen molar-refractivity contribution >= 4 is 30.2 Å². The third-order valence-electron chi connectivity index (χ3n) is 5.95. The zero-order chi connectivity index (χ0) is 24.5. The average Bonchev–Trinajstić information content (AvgIpc) is 3.15. The van der Waals surface area contributed by atoms with Crippen LogP contribution in [0.25, 0.3) is 11.1 Å². The van der Waals surface area contributed by atoms with Crippen molar-refractivity contribution in [1.82, 2.24) is 0 Å². The number of carbonyl (C=O) groups is 2. The Hall–Kier alpha value is -3.75. The van der Waals surface area contributed by atoms with Gasteiger partial charge in [-0.1, -0.05) is 60.7 Å². The second kappa shape index (κ2) is 9.25. The number of nitrogens with zero attached hydrogens (tertiary/aromatic N) is 1. The molecule has 176 valence electrons. The predicted molar refractivity (Wildman–Crippen MR) is 124 cm³/mol. The molecule has 0 heterocycles. The highest BCUT2D eigenvalue weighted by Gasteiger charge is 2.30. The summed E-state index contributed by atoms with van der Waals surface area (Å²) < 4.78 is 50.5. The molecule has 5 nitrogen and oxygen atoms in total. The number of rotatable bonds is 6. The second-order valence-electron chi connectivity index (χ2n) is 8.12. The van der Waals surface area contributed by atoms with Crippen LogP contribution in [0.2, 0.25) is 0 Å². The Bertz CT molecular complexity index is 1200. The van der Waals surface area contributed by atoms with Crippen molar-refractivity contribution in [3.63, 3.8) is 0 Å². The van der Waals surface area contributed by atoms with Gasteiger partial charge >= 0.3 is 19.0 Å². The quantitative estimate of drug-likeness (QED) is 0.384. The van der Waals surface area contributed by atoms with E-state index in [1.54, 1.807) is 0 Å². The molecule has 0 atom stereocenters. The molecule has 0 aliphatic heterocycles. The van der Waals surface area contributed by atoms with Crippen molar-refractivity contribution in [2.75, 3.05) is 25.7 Å². The van der Waals surface area contributed by atoms with Gasteiger partial charge in [0.1, 0.15) is 6.61 Å². The lowest BCUT2D eigenvalue weighted by atomic mass is 9.78. The maximum absolute atomic E-state index is 13.5. The summed E-state index contributed by atoms with van der Waals surface area (Å²) in [5.74, 6) is -0.856. The normalized spacial score (nSPS) is 12.6. The lowest BCUT2D eigenvalue weighted by molar-refractivity contribution is -0.139. The molecule has 0 aromatic heterocycles. The highest BCUT2D eigenvalue weighted by molar-refractivity contribution is 6.73. The maximum Gasteiger partial charge on any atom is 0.509 e. The van der Waals surface area contributed by atoms with Gasteiger partial charge in [0.25, 0.3) is 0 Å². The molecule has 3 aromatic carbocycles.